The van der Waals surface area contributed by atoms with E-state index in [-0.39, 0.29) is 24.5 Å². The highest BCUT2D eigenvalue weighted by Crippen LogP contribution is 2.14. The van der Waals surface area contributed by atoms with Gasteiger partial charge in [-0.05, 0) is 13.3 Å². The molecule has 3 N–H and O–H groups in total. The zero-order chi connectivity index (χ0) is 13.5. The van der Waals surface area contributed by atoms with Gasteiger partial charge in [0.1, 0.15) is 5.01 Å². The second kappa shape index (κ2) is 6.95. The van der Waals surface area contributed by atoms with E-state index in [4.69, 9.17) is 5.11 Å². The van der Waals surface area contributed by atoms with Gasteiger partial charge in [-0.15, -0.1) is 11.3 Å². The molecule has 2 amide bonds. The smallest absolute Gasteiger partial charge is 0.315 e. The summed E-state index contributed by atoms with van der Waals surface area (Å²) in [6.07, 6.45) is 2.18. The number of hydrogen-bond donors (Lipinski definition) is 3. The maximum atomic E-state index is 11.7. The van der Waals surface area contributed by atoms with Crippen molar-refractivity contribution in [2.75, 3.05) is 0 Å². The van der Waals surface area contributed by atoms with Gasteiger partial charge in [-0.1, -0.05) is 6.92 Å². The minimum absolute atomic E-state index is 0.0739. The van der Waals surface area contributed by atoms with E-state index in [0.717, 1.165) is 5.01 Å². The lowest BCUT2D eigenvalue weighted by Gasteiger charge is -2.17. The summed E-state index contributed by atoms with van der Waals surface area (Å²) in [4.78, 5) is 26.3. The number of carboxylic acid groups (broad SMARTS) is 1. The fourth-order valence-electron chi connectivity index (χ4n) is 1.44. The van der Waals surface area contributed by atoms with Gasteiger partial charge in [-0.25, -0.2) is 9.78 Å². The number of carbonyl (C=O) groups is 2. The van der Waals surface area contributed by atoms with E-state index in [0.29, 0.717) is 6.42 Å². The molecule has 0 radical (unpaired) electrons. The van der Waals surface area contributed by atoms with Gasteiger partial charge in [-0.2, -0.15) is 0 Å². The number of amides is 2. The molecule has 0 aromatic carbocycles. The maximum Gasteiger partial charge on any atom is 0.315 e. The molecule has 0 saturated heterocycles. The number of aromatic nitrogens is 1. The van der Waals surface area contributed by atoms with Crippen LogP contribution in [0.2, 0.25) is 0 Å². The topological polar surface area (TPSA) is 91.3 Å². The van der Waals surface area contributed by atoms with Gasteiger partial charge in [0, 0.05) is 17.6 Å². The molecule has 1 aromatic heterocycles. The Morgan fingerprint density at radius 2 is 2.22 bits per heavy atom. The van der Waals surface area contributed by atoms with Gasteiger partial charge in [0.15, 0.2) is 0 Å². The number of rotatable bonds is 6. The molecule has 100 valence electrons. The summed E-state index contributed by atoms with van der Waals surface area (Å²) in [5.74, 6) is -0.921. The fraction of sp³-hybridized carbons (Fsp3) is 0.545. The Labute approximate surface area is 109 Å². The molecule has 6 nitrogen and oxygen atoms in total. The first-order valence-corrected chi connectivity index (χ1v) is 6.59. The van der Waals surface area contributed by atoms with Crippen molar-refractivity contribution in [2.45, 2.75) is 38.8 Å². The van der Waals surface area contributed by atoms with Crippen molar-refractivity contribution in [1.82, 2.24) is 15.6 Å². The van der Waals surface area contributed by atoms with Gasteiger partial charge in [0.25, 0.3) is 0 Å². The Balaban J connectivity index is 2.43. The van der Waals surface area contributed by atoms with Gasteiger partial charge >= 0.3 is 12.0 Å². The molecule has 2 unspecified atom stereocenters. The van der Waals surface area contributed by atoms with Crippen molar-refractivity contribution in [3.8, 4) is 0 Å². The van der Waals surface area contributed by atoms with Gasteiger partial charge in [-0.3, -0.25) is 4.79 Å². The van der Waals surface area contributed by atoms with Crippen LogP contribution in [0, 0.1) is 0 Å². The van der Waals surface area contributed by atoms with Crippen molar-refractivity contribution in [1.29, 1.82) is 0 Å². The minimum atomic E-state index is -0.921. The van der Waals surface area contributed by atoms with Crippen molar-refractivity contribution in [3.05, 3.63) is 16.6 Å². The molecular formula is C11H17N3O3S. The molecule has 18 heavy (non-hydrogen) atoms. The third-order valence-electron chi connectivity index (χ3n) is 2.42. The number of hydrogen-bond acceptors (Lipinski definition) is 4. The summed E-state index contributed by atoms with van der Waals surface area (Å²) in [5.41, 5.74) is 0. The third-order valence-corrected chi connectivity index (χ3v) is 3.38. The van der Waals surface area contributed by atoms with Gasteiger partial charge < -0.3 is 15.7 Å². The molecular weight excluding hydrogens is 254 g/mol. The molecule has 0 aliphatic heterocycles. The summed E-state index contributed by atoms with van der Waals surface area (Å²) in [7, 11) is 0. The van der Waals surface area contributed by atoms with Crippen LogP contribution in [0.1, 0.15) is 37.7 Å². The summed E-state index contributed by atoms with van der Waals surface area (Å²) >= 11 is 1.46. The van der Waals surface area contributed by atoms with Crippen LogP contribution in [-0.2, 0) is 4.79 Å². The highest BCUT2D eigenvalue weighted by Gasteiger charge is 2.16. The number of urea groups is 1. The molecule has 1 heterocycles. The van der Waals surface area contributed by atoms with Crippen LogP contribution in [0.5, 0.6) is 0 Å². The van der Waals surface area contributed by atoms with Crippen LogP contribution in [0.25, 0.3) is 0 Å². The Hall–Kier alpha value is -1.63. The fourth-order valence-corrected chi connectivity index (χ4v) is 2.09. The molecule has 0 bridgehead atoms. The molecule has 1 aromatic rings. The van der Waals surface area contributed by atoms with E-state index in [1.807, 2.05) is 19.2 Å². The first kappa shape index (κ1) is 14.4. The lowest BCUT2D eigenvalue weighted by atomic mass is 10.1. The van der Waals surface area contributed by atoms with Crippen LogP contribution in [-0.4, -0.2) is 28.1 Å². The van der Waals surface area contributed by atoms with Crippen LogP contribution < -0.4 is 10.6 Å². The standard InChI is InChI=1S/C11H17N3O3S/c1-3-8(6-9(15)16)14-11(17)13-7(2)10-12-4-5-18-10/h4-5,7-8H,3,6H2,1-2H3,(H,15,16)(H2,13,14,17). The first-order chi connectivity index (χ1) is 8.52. The number of carbonyl (C=O) groups excluding carboxylic acids is 1. The Kier molecular flexibility index (Phi) is 5.57. The number of nitrogens with zero attached hydrogens (tertiary/aromatic N) is 1. The van der Waals surface area contributed by atoms with Crippen LogP contribution in [0.3, 0.4) is 0 Å². The second-order valence-electron chi connectivity index (χ2n) is 3.91. The predicted octanol–water partition coefficient (Wildman–Crippen LogP) is 1.76. The predicted molar refractivity (Wildman–Crippen MR) is 68.5 cm³/mol. The Morgan fingerprint density at radius 1 is 1.50 bits per heavy atom. The van der Waals surface area contributed by atoms with Crippen molar-refractivity contribution < 1.29 is 14.7 Å². The minimum Gasteiger partial charge on any atom is -0.481 e. The molecule has 2 atom stereocenters. The molecule has 0 fully saturated rings. The second-order valence-corrected chi connectivity index (χ2v) is 4.84. The molecule has 0 aliphatic rings. The van der Waals surface area contributed by atoms with Crippen LogP contribution in [0.15, 0.2) is 11.6 Å². The maximum absolute atomic E-state index is 11.7. The average molecular weight is 271 g/mol. The first-order valence-electron chi connectivity index (χ1n) is 5.71. The van der Waals surface area contributed by atoms with E-state index in [2.05, 4.69) is 15.6 Å². The van der Waals surface area contributed by atoms with Crippen LogP contribution in [0.4, 0.5) is 4.79 Å². The third kappa shape index (κ3) is 4.70. The molecule has 1 rings (SSSR count). The molecule has 7 heteroatoms. The molecule has 0 spiro atoms. The van der Waals surface area contributed by atoms with E-state index >= 15 is 0 Å². The van der Waals surface area contributed by atoms with Crippen molar-refractivity contribution in [3.63, 3.8) is 0 Å². The monoisotopic (exact) mass is 271 g/mol. The van der Waals surface area contributed by atoms with E-state index in [9.17, 15) is 9.59 Å². The van der Waals surface area contributed by atoms with Gasteiger partial charge in [0.2, 0.25) is 0 Å². The normalized spacial score (nSPS) is 13.7. The number of carboxylic acids is 1. The van der Waals surface area contributed by atoms with E-state index < -0.39 is 5.97 Å². The summed E-state index contributed by atoms with van der Waals surface area (Å²) in [5, 5.41) is 16.7. The largest absolute Gasteiger partial charge is 0.481 e. The lowest BCUT2D eigenvalue weighted by molar-refractivity contribution is -0.137. The highest BCUT2D eigenvalue weighted by atomic mass is 32.1. The summed E-state index contributed by atoms with van der Waals surface area (Å²) in [6, 6.07) is -0.913. The summed E-state index contributed by atoms with van der Waals surface area (Å²) in [6.45, 7) is 3.66. The number of thiazole rings is 1. The van der Waals surface area contributed by atoms with E-state index in [1.54, 1.807) is 6.20 Å². The zero-order valence-electron chi connectivity index (χ0n) is 10.3. The SMILES string of the molecule is CCC(CC(=O)O)NC(=O)NC(C)c1nccs1. The number of aliphatic carboxylic acids is 1. The Bertz CT molecular complexity index is 394. The Morgan fingerprint density at radius 3 is 2.72 bits per heavy atom. The highest BCUT2D eigenvalue weighted by molar-refractivity contribution is 7.09. The van der Waals surface area contributed by atoms with Crippen molar-refractivity contribution in [2.24, 2.45) is 0 Å². The van der Waals surface area contributed by atoms with Crippen molar-refractivity contribution >= 4 is 23.3 Å². The average Bonchev–Trinajstić information content (AvgIpc) is 2.80. The molecule has 0 aliphatic carbocycles. The lowest BCUT2D eigenvalue weighted by Crippen LogP contribution is -2.43. The zero-order valence-corrected chi connectivity index (χ0v) is 11.2. The van der Waals surface area contributed by atoms with E-state index in [1.165, 1.54) is 11.3 Å². The van der Waals surface area contributed by atoms with Crippen LogP contribution >= 0.6 is 11.3 Å². The number of nitrogens with one attached hydrogen (secondary N) is 2. The van der Waals surface area contributed by atoms with Gasteiger partial charge in [0.05, 0.1) is 12.5 Å². The summed E-state index contributed by atoms with van der Waals surface area (Å²) < 4.78 is 0. The molecule has 0 saturated carbocycles. The quantitative estimate of drug-likeness (QED) is 0.735.